The third kappa shape index (κ3) is 6.07. The number of ether oxygens (including phenoxy) is 2. The summed E-state index contributed by atoms with van der Waals surface area (Å²) in [4.78, 5) is 39.7. The van der Waals surface area contributed by atoms with Crippen LogP contribution in [0.1, 0.15) is 32.3 Å². The number of carbonyl (C=O) groups is 2. The Labute approximate surface area is 278 Å². The van der Waals surface area contributed by atoms with Crippen LogP contribution in [0.2, 0.25) is 0 Å². The Kier molecular flexibility index (Phi) is 9.94. The van der Waals surface area contributed by atoms with Gasteiger partial charge in [-0.1, -0.05) is 0 Å². The van der Waals surface area contributed by atoms with Crippen molar-refractivity contribution < 1.29 is 24.0 Å². The van der Waals surface area contributed by atoms with E-state index in [0.717, 1.165) is 15.9 Å². The molecule has 1 atom stereocenters. The number of hydrogen-bond acceptors (Lipinski definition) is 7. The number of halogens is 1. The average molecular weight is 671 g/mol. The van der Waals surface area contributed by atoms with E-state index in [1.807, 2.05) is 91.0 Å². The molecule has 0 saturated heterocycles. The van der Waals surface area contributed by atoms with E-state index >= 15 is 0 Å². The number of para-hydroxylation sites is 1. The molecule has 0 bridgehead atoms. The van der Waals surface area contributed by atoms with Gasteiger partial charge in [-0.3, -0.25) is 0 Å². The molecule has 0 amide bonds. The van der Waals surface area contributed by atoms with E-state index in [4.69, 9.17) is 20.7 Å². The average Bonchev–Trinajstić information content (AvgIpc) is 3.09. The van der Waals surface area contributed by atoms with Crippen LogP contribution in [0.4, 0.5) is 5.69 Å². The van der Waals surface area contributed by atoms with Gasteiger partial charge in [-0.15, -0.1) is 0 Å². The van der Waals surface area contributed by atoms with E-state index in [9.17, 15) is 19.7 Å². The molecule has 10 heteroatoms. The van der Waals surface area contributed by atoms with Crippen LogP contribution in [-0.2, 0) is 19.1 Å². The van der Waals surface area contributed by atoms with Gasteiger partial charge in [0.25, 0.3) is 0 Å². The standard InChI is InChI=1S/C37H36ClN2O6P/c1-4-45-36(41)33-26(3)39-31(35(37(42)46-5-2)34(33)30-23-15-16-24-32(30)40(43)44)25-47(38,27-17-9-6-10-18-27,28-19-11-7-12-20-28)29-21-13-8-14-22-29/h6-24,34,39H,4-5,25H2,1-3H3. The van der Waals surface area contributed by atoms with E-state index in [1.54, 1.807) is 39.0 Å². The van der Waals surface area contributed by atoms with Gasteiger partial charge < -0.3 is 0 Å². The second-order valence-corrected chi connectivity index (χ2v) is 17.6. The number of carbonyl (C=O) groups excluding carboxylic acids is 2. The van der Waals surface area contributed by atoms with Gasteiger partial charge in [-0.05, 0) is 0 Å². The summed E-state index contributed by atoms with van der Waals surface area (Å²) in [6, 6.07) is 35.4. The van der Waals surface area contributed by atoms with Crippen LogP contribution in [0, 0.1) is 10.1 Å². The van der Waals surface area contributed by atoms with Crippen molar-refractivity contribution in [1.82, 2.24) is 5.32 Å². The Balaban J connectivity index is 1.92. The number of hydrogen-bond donors (Lipinski definition) is 1. The van der Waals surface area contributed by atoms with Gasteiger partial charge in [-0.2, -0.15) is 0 Å². The molecule has 0 saturated carbocycles. The molecule has 1 aliphatic heterocycles. The molecule has 0 aliphatic carbocycles. The van der Waals surface area contributed by atoms with Crippen LogP contribution in [0.5, 0.6) is 0 Å². The van der Waals surface area contributed by atoms with Crippen molar-refractivity contribution in [2.75, 3.05) is 19.4 Å². The minimum absolute atomic E-state index is 0.0389. The van der Waals surface area contributed by atoms with Crippen molar-refractivity contribution in [3.8, 4) is 0 Å². The van der Waals surface area contributed by atoms with E-state index < -0.39 is 28.7 Å². The molecular formula is C37H36ClN2O6P. The van der Waals surface area contributed by atoms with Crippen molar-refractivity contribution in [2.24, 2.45) is 0 Å². The molecule has 5 rings (SSSR count). The molecule has 0 radical (unpaired) electrons. The first kappa shape index (κ1) is 33.6. The third-order valence-electron chi connectivity index (χ3n) is 8.42. The molecule has 1 aliphatic rings. The number of rotatable bonds is 11. The summed E-state index contributed by atoms with van der Waals surface area (Å²) in [7, 11) is 0. The summed E-state index contributed by atoms with van der Waals surface area (Å²) in [5.41, 5.74) is 0.866. The fraction of sp³-hybridized carbons (Fsp3) is 0.189. The van der Waals surface area contributed by atoms with Gasteiger partial charge in [0.1, 0.15) is 0 Å². The van der Waals surface area contributed by atoms with Crippen molar-refractivity contribution in [3.63, 3.8) is 0 Å². The van der Waals surface area contributed by atoms with Crippen LogP contribution >= 0.6 is 17.2 Å². The van der Waals surface area contributed by atoms with Crippen LogP contribution in [0.3, 0.4) is 0 Å². The maximum atomic E-state index is 14.2. The SMILES string of the molecule is CCOC(=O)C1=C(C)NC(CP(Cl)(c2ccccc2)(c2ccccc2)c2ccccc2)=C(C(=O)OCC)C1c1ccccc1[N+](=O)[O-]. The summed E-state index contributed by atoms with van der Waals surface area (Å²) in [5.74, 6) is -6.64. The molecule has 8 nitrogen and oxygen atoms in total. The zero-order valence-corrected chi connectivity index (χ0v) is 28.0. The molecule has 0 aromatic heterocycles. The number of nitro groups is 1. The second kappa shape index (κ2) is 13.9. The van der Waals surface area contributed by atoms with Gasteiger partial charge >= 0.3 is 280 Å². The van der Waals surface area contributed by atoms with Crippen molar-refractivity contribution in [2.45, 2.75) is 26.7 Å². The zero-order chi connectivity index (χ0) is 33.6. The van der Waals surface area contributed by atoms with Crippen LogP contribution in [0.15, 0.2) is 138 Å². The number of benzene rings is 4. The fourth-order valence-corrected chi connectivity index (χ4v) is 12.4. The number of esters is 2. The van der Waals surface area contributed by atoms with E-state index in [1.165, 1.54) is 6.07 Å². The van der Waals surface area contributed by atoms with Crippen LogP contribution in [-0.4, -0.2) is 36.2 Å². The molecular weight excluding hydrogens is 635 g/mol. The second-order valence-electron chi connectivity index (χ2n) is 11.1. The van der Waals surface area contributed by atoms with Gasteiger partial charge in [0.05, 0.1) is 0 Å². The molecule has 242 valence electrons. The summed E-state index contributed by atoms with van der Waals surface area (Å²) >= 11 is 8.41. The van der Waals surface area contributed by atoms with Crippen LogP contribution in [0.25, 0.3) is 0 Å². The Hall–Kier alpha value is -4.78. The summed E-state index contributed by atoms with van der Waals surface area (Å²) < 4.78 is 11.1. The van der Waals surface area contributed by atoms with E-state index in [0.29, 0.717) is 11.4 Å². The van der Waals surface area contributed by atoms with Gasteiger partial charge in [0.2, 0.25) is 0 Å². The van der Waals surface area contributed by atoms with Crippen molar-refractivity contribution >= 4 is 50.7 Å². The predicted molar refractivity (Wildman–Crippen MR) is 188 cm³/mol. The maximum absolute atomic E-state index is 14.2. The topological polar surface area (TPSA) is 108 Å². The monoisotopic (exact) mass is 670 g/mol. The quantitative estimate of drug-likeness (QED) is 0.0827. The van der Waals surface area contributed by atoms with E-state index in [-0.39, 0.29) is 41.8 Å². The molecule has 1 unspecified atom stereocenters. The number of allylic oxidation sites excluding steroid dienone is 2. The molecule has 1 N–H and O–H groups in total. The van der Waals surface area contributed by atoms with Gasteiger partial charge in [-0.25, -0.2) is 0 Å². The normalized spacial score (nSPS) is 15.7. The Morgan fingerprint density at radius 3 is 1.62 bits per heavy atom. The third-order valence-corrected chi connectivity index (χ3v) is 15.6. The Morgan fingerprint density at radius 2 is 1.17 bits per heavy atom. The number of nitro benzene ring substituents is 1. The number of dihydropyridines is 1. The van der Waals surface area contributed by atoms with E-state index in [2.05, 4.69) is 5.32 Å². The molecule has 0 fully saturated rings. The van der Waals surface area contributed by atoms with Crippen LogP contribution < -0.4 is 21.2 Å². The first-order chi connectivity index (χ1) is 22.6. The molecule has 47 heavy (non-hydrogen) atoms. The summed E-state index contributed by atoms with van der Waals surface area (Å²) in [6.45, 7) is 5.16. The molecule has 1 heterocycles. The first-order valence-corrected chi connectivity index (χ1v) is 18.7. The summed E-state index contributed by atoms with van der Waals surface area (Å²) in [5, 5.41) is 18.3. The molecule has 4 aromatic rings. The van der Waals surface area contributed by atoms with Crippen molar-refractivity contribution in [3.05, 3.63) is 153 Å². The van der Waals surface area contributed by atoms with Crippen molar-refractivity contribution in [1.29, 1.82) is 0 Å². The van der Waals surface area contributed by atoms with Gasteiger partial charge in [0.15, 0.2) is 0 Å². The Morgan fingerprint density at radius 1 is 0.745 bits per heavy atom. The fourth-order valence-electron chi connectivity index (χ4n) is 6.39. The molecule has 4 aromatic carbocycles. The predicted octanol–water partition coefficient (Wildman–Crippen LogP) is 6.62. The van der Waals surface area contributed by atoms with Gasteiger partial charge in [0, 0.05) is 0 Å². The summed E-state index contributed by atoms with van der Waals surface area (Å²) in [6.07, 6.45) is 0.101. The number of nitrogens with one attached hydrogen (secondary N) is 1. The number of nitrogens with zero attached hydrogens (tertiary/aromatic N) is 1. The zero-order valence-electron chi connectivity index (χ0n) is 26.4. The first-order valence-electron chi connectivity index (χ1n) is 15.3. The molecule has 0 spiro atoms. The Bertz CT molecular complexity index is 1760. The minimum atomic E-state index is -4.04.